The lowest BCUT2D eigenvalue weighted by molar-refractivity contribution is 0.162. The van der Waals surface area contributed by atoms with Gasteiger partial charge in [0.2, 0.25) is 11.8 Å². The largest absolute Gasteiger partial charge is 0.439 e. The third kappa shape index (κ3) is 2.71. The quantitative estimate of drug-likeness (QED) is 0.789. The van der Waals surface area contributed by atoms with Gasteiger partial charge in [0, 0.05) is 12.6 Å². The maximum Gasteiger partial charge on any atom is 0.244 e. The average Bonchev–Trinajstić information content (AvgIpc) is 3.17. The number of hydrogen-bond donors (Lipinski definition) is 1. The van der Waals surface area contributed by atoms with E-state index in [0.717, 1.165) is 0 Å². The first-order valence-corrected chi connectivity index (χ1v) is 7.36. The molecule has 23 heavy (non-hydrogen) atoms. The number of aliphatic hydroxyl groups excluding tert-OH is 1. The molecule has 4 rings (SSSR count). The Morgan fingerprint density at radius 1 is 1.39 bits per heavy atom. The van der Waals surface area contributed by atoms with Crippen LogP contribution < -0.4 is 0 Å². The number of hydrogen-bond acceptors (Lipinski definition) is 7. The van der Waals surface area contributed by atoms with Crippen molar-refractivity contribution in [1.29, 1.82) is 0 Å². The van der Waals surface area contributed by atoms with Gasteiger partial charge in [0.05, 0.1) is 18.7 Å². The van der Waals surface area contributed by atoms with Gasteiger partial charge in [-0.2, -0.15) is 4.98 Å². The fraction of sp³-hybridized carbons (Fsp3) is 0.400. The number of β-amino-alcohol motifs (C(OH)–C–C–N with tert-alkyl or cyclic N) is 1. The molecule has 120 valence electrons. The van der Waals surface area contributed by atoms with Gasteiger partial charge in [-0.25, -0.2) is 9.37 Å². The molecule has 1 saturated heterocycles. The SMILES string of the molecule is Cc1noc([C@H]2C[C@@H](O)CN2Cc2nc3ccc(F)cc3o2)n1. The highest BCUT2D eigenvalue weighted by Crippen LogP contribution is 2.32. The fourth-order valence-corrected chi connectivity index (χ4v) is 2.95. The predicted molar refractivity (Wildman–Crippen MR) is 76.8 cm³/mol. The van der Waals surface area contributed by atoms with Gasteiger partial charge >= 0.3 is 0 Å². The molecule has 3 aromatic rings. The number of fused-ring (bicyclic) bond motifs is 1. The number of likely N-dealkylation sites (tertiary alicyclic amines) is 1. The van der Waals surface area contributed by atoms with Gasteiger partial charge in [0.1, 0.15) is 11.3 Å². The summed E-state index contributed by atoms with van der Waals surface area (Å²) in [6.45, 7) is 2.58. The van der Waals surface area contributed by atoms with Gasteiger partial charge in [-0.05, 0) is 25.5 Å². The van der Waals surface area contributed by atoms with Crippen LogP contribution in [-0.2, 0) is 6.54 Å². The minimum absolute atomic E-state index is 0.182. The van der Waals surface area contributed by atoms with Crippen LogP contribution in [-0.4, -0.2) is 37.8 Å². The van der Waals surface area contributed by atoms with E-state index in [9.17, 15) is 9.50 Å². The Morgan fingerprint density at radius 2 is 2.26 bits per heavy atom. The van der Waals surface area contributed by atoms with Crippen molar-refractivity contribution in [2.75, 3.05) is 6.54 Å². The molecule has 7 nitrogen and oxygen atoms in total. The molecule has 8 heteroatoms. The van der Waals surface area contributed by atoms with Crippen molar-refractivity contribution in [3.63, 3.8) is 0 Å². The van der Waals surface area contributed by atoms with E-state index in [1.54, 1.807) is 13.0 Å². The monoisotopic (exact) mass is 318 g/mol. The summed E-state index contributed by atoms with van der Waals surface area (Å²) in [5, 5.41) is 13.8. The van der Waals surface area contributed by atoms with Crippen LogP contribution in [0.4, 0.5) is 4.39 Å². The normalized spacial score (nSPS) is 22.2. The van der Waals surface area contributed by atoms with Gasteiger partial charge in [0.15, 0.2) is 11.4 Å². The molecule has 0 bridgehead atoms. The number of aromatic nitrogens is 3. The molecule has 0 radical (unpaired) electrons. The smallest absolute Gasteiger partial charge is 0.244 e. The van der Waals surface area contributed by atoms with Crippen LogP contribution in [0.5, 0.6) is 0 Å². The van der Waals surface area contributed by atoms with Crippen molar-refractivity contribution in [3.8, 4) is 0 Å². The molecule has 0 unspecified atom stereocenters. The molecule has 3 heterocycles. The highest BCUT2D eigenvalue weighted by Gasteiger charge is 2.36. The van der Waals surface area contributed by atoms with E-state index in [1.807, 2.05) is 4.90 Å². The molecule has 1 N–H and O–H groups in total. The Labute approximate surface area is 130 Å². The summed E-state index contributed by atoms with van der Waals surface area (Å²) >= 11 is 0. The summed E-state index contributed by atoms with van der Waals surface area (Å²) in [4.78, 5) is 10.6. The number of rotatable bonds is 3. The summed E-state index contributed by atoms with van der Waals surface area (Å²) in [5.74, 6) is 1.12. The Kier molecular flexibility index (Phi) is 3.35. The standard InChI is InChI=1S/C15H15FN4O3/c1-8-17-15(23-19-8)12-5-10(21)6-20(12)7-14-18-11-3-2-9(16)4-13(11)22-14/h2-4,10,12,21H,5-7H2,1H3/t10-,12-/m1/s1. The van der Waals surface area contributed by atoms with E-state index in [-0.39, 0.29) is 11.9 Å². The molecule has 2 atom stereocenters. The lowest BCUT2D eigenvalue weighted by Crippen LogP contribution is -2.24. The third-order valence-electron chi connectivity index (χ3n) is 3.94. The average molecular weight is 318 g/mol. The number of benzene rings is 1. The van der Waals surface area contributed by atoms with Crippen LogP contribution in [0.15, 0.2) is 27.1 Å². The van der Waals surface area contributed by atoms with Gasteiger partial charge in [-0.15, -0.1) is 0 Å². The minimum Gasteiger partial charge on any atom is -0.439 e. The van der Waals surface area contributed by atoms with Crippen molar-refractivity contribution < 1.29 is 18.4 Å². The van der Waals surface area contributed by atoms with Crippen molar-refractivity contribution in [2.45, 2.75) is 32.0 Å². The Morgan fingerprint density at radius 3 is 3.04 bits per heavy atom. The van der Waals surface area contributed by atoms with Crippen molar-refractivity contribution in [2.24, 2.45) is 0 Å². The summed E-state index contributed by atoms with van der Waals surface area (Å²) < 4.78 is 24.0. The highest BCUT2D eigenvalue weighted by atomic mass is 19.1. The fourth-order valence-electron chi connectivity index (χ4n) is 2.95. The number of nitrogens with zero attached hydrogens (tertiary/aromatic N) is 4. The van der Waals surface area contributed by atoms with E-state index in [2.05, 4.69) is 15.1 Å². The zero-order valence-electron chi connectivity index (χ0n) is 12.4. The molecule has 1 fully saturated rings. The van der Waals surface area contributed by atoms with Crippen LogP contribution >= 0.6 is 0 Å². The van der Waals surface area contributed by atoms with Crippen LogP contribution in [0.3, 0.4) is 0 Å². The molecule has 2 aromatic heterocycles. The van der Waals surface area contributed by atoms with E-state index >= 15 is 0 Å². The number of oxazole rings is 1. The first-order valence-electron chi connectivity index (χ1n) is 7.36. The second kappa shape index (κ2) is 5.39. The van der Waals surface area contributed by atoms with Crippen molar-refractivity contribution in [1.82, 2.24) is 20.0 Å². The van der Waals surface area contributed by atoms with E-state index < -0.39 is 6.10 Å². The third-order valence-corrected chi connectivity index (χ3v) is 3.94. The molecule has 1 aliphatic heterocycles. The molecular weight excluding hydrogens is 303 g/mol. The van der Waals surface area contributed by atoms with Crippen LogP contribution in [0, 0.1) is 12.7 Å². The number of aryl methyl sites for hydroxylation is 1. The zero-order chi connectivity index (χ0) is 16.0. The molecule has 0 aliphatic carbocycles. The number of aliphatic hydroxyl groups is 1. The van der Waals surface area contributed by atoms with Gasteiger partial charge in [-0.1, -0.05) is 5.16 Å². The second-order valence-electron chi connectivity index (χ2n) is 5.73. The Hall–Kier alpha value is -2.32. The first kappa shape index (κ1) is 14.3. The summed E-state index contributed by atoms with van der Waals surface area (Å²) in [7, 11) is 0. The Bertz CT molecular complexity index is 846. The Balaban J connectivity index is 1.60. The van der Waals surface area contributed by atoms with Gasteiger partial charge in [0.25, 0.3) is 0 Å². The minimum atomic E-state index is -0.478. The second-order valence-corrected chi connectivity index (χ2v) is 5.73. The van der Waals surface area contributed by atoms with Crippen molar-refractivity contribution in [3.05, 3.63) is 41.6 Å². The lowest BCUT2D eigenvalue weighted by Gasteiger charge is -2.18. The van der Waals surface area contributed by atoms with Gasteiger partial charge in [-0.3, -0.25) is 4.90 Å². The molecular formula is C15H15FN4O3. The molecule has 1 aromatic carbocycles. The highest BCUT2D eigenvalue weighted by molar-refractivity contribution is 5.72. The lowest BCUT2D eigenvalue weighted by atomic mass is 10.2. The maximum atomic E-state index is 13.2. The summed E-state index contributed by atoms with van der Waals surface area (Å²) in [5.41, 5.74) is 1.01. The van der Waals surface area contributed by atoms with Crippen LogP contribution in [0.2, 0.25) is 0 Å². The van der Waals surface area contributed by atoms with Gasteiger partial charge < -0.3 is 14.0 Å². The molecule has 0 spiro atoms. The van der Waals surface area contributed by atoms with E-state index in [4.69, 9.17) is 8.94 Å². The van der Waals surface area contributed by atoms with E-state index in [0.29, 0.717) is 48.2 Å². The van der Waals surface area contributed by atoms with Crippen LogP contribution in [0.1, 0.15) is 30.1 Å². The number of halogens is 1. The zero-order valence-corrected chi connectivity index (χ0v) is 12.4. The summed E-state index contributed by atoms with van der Waals surface area (Å²) in [6, 6.07) is 4.05. The van der Waals surface area contributed by atoms with Crippen molar-refractivity contribution >= 4 is 11.1 Å². The van der Waals surface area contributed by atoms with Crippen LogP contribution in [0.25, 0.3) is 11.1 Å². The maximum absolute atomic E-state index is 13.2. The first-order chi connectivity index (χ1) is 11.1. The molecule has 0 saturated carbocycles. The molecule has 0 amide bonds. The molecule has 1 aliphatic rings. The predicted octanol–water partition coefficient (Wildman–Crippen LogP) is 1.97. The topological polar surface area (TPSA) is 88.4 Å². The summed E-state index contributed by atoms with van der Waals surface area (Å²) in [6.07, 6.45) is 0.0327. The van der Waals surface area contributed by atoms with E-state index in [1.165, 1.54) is 12.1 Å².